The van der Waals surface area contributed by atoms with Gasteiger partial charge in [-0.1, -0.05) is 13.0 Å². The first-order valence-corrected chi connectivity index (χ1v) is 9.00. The van der Waals surface area contributed by atoms with Crippen LogP contribution in [0.1, 0.15) is 30.0 Å². The summed E-state index contributed by atoms with van der Waals surface area (Å²) in [5.74, 6) is 0.399. The van der Waals surface area contributed by atoms with Crippen LogP contribution in [0.2, 0.25) is 0 Å². The summed E-state index contributed by atoms with van der Waals surface area (Å²) >= 11 is 0. The third-order valence-electron chi connectivity index (χ3n) is 5.84. The van der Waals surface area contributed by atoms with Gasteiger partial charge in [0.25, 0.3) is 5.56 Å². The van der Waals surface area contributed by atoms with Crippen LogP contribution in [-0.4, -0.2) is 20.6 Å². The van der Waals surface area contributed by atoms with E-state index in [-0.39, 0.29) is 25.1 Å². The number of carbonyl (C=O) groups excluding carboxylic acids is 1. The minimum Gasteiger partial charge on any atom is -0.458 e. The Balaban J connectivity index is 1.68. The molecule has 6 rings (SSSR count). The Morgan fingerprint density at radius 1 is 1.25 bits per heavy atom. The molecule has 0 bridgehead atoms. The van der Waals surface area contributed by atoms with Crippen molar-refractivity contribution >= 4 is 16.9 Å². The summed E-state index contributed by atoms with van der Waals surface area (Å²) in [4.78, 5) is 40.8. The molecule has 0 spiro atoms. The van der Waals surface area contributed by atoms with E-state index in [1.165, 1.54) is 0 Å². The second-order valence-electron chi connectivity index (χ2n) is 7.19. The van der Waals surface area contributed by atoms with Crippen molar-refractivity contribution in [2.75, 3.05) is 0 Å². The summed E-state index contributed by atoms with van der Waals surface area (Å²) in [6.45, 7) is 1.79. The van der Waals surface area contributed by atoms with Gasteiger partial charge in [-0.05, 0) is 24.6 Å². The van der Waals surface area contributed by atoms with Crippen molar-refractivity contribution < 1.29 is 24.4 Å². The number of cyclic esters (lactones) is 1. The number of rotatable bonds is 1. The van der Waals surface area contributed by atoms with Crippen molar-refractivity contribution in [1.82, 2.24) is 9.55 Å². The summed E-state index contributed by atoms with van der Waals surface area (Å²) in [7, 11) is 0. The Bertz CT molecular complexity index is 1290. The molecular weight excluding hydrogens is 364 g/mol. The highest BCUT2D eigenvalue weighted by Gasteiger charge is 2.45. The molecule has 8 heteroatoms. The molecule has 0 aliphatic carbocycles. The Labute approximate surface area is 157 Å². The lowest BCUT2D eigenvalue weighted by molar-refractivity contribution is -0.172. The molecule has 0 amide bonds. The predicted molar refractivity (Wildman–Crippen MR) is 95.8 cm³/mol. The van der Waals surface area contributed by atoms with E-state index in [9.17, 15) is 14.7 Å². The lowest BCUT2D eigenvalue weighted by Gasteiger charge is -2.31. The second kappa shape index (κ2) is 4.90. The van der Waals surface area contributed by atoms with Gasteiger partial charge in [0.2, 0.25) is 0 Å². The van der Waals surface area contributed by atoms with E-state index in [4.69, 9.17) is 19.5 Å². The number of nitrogens with zero attached hydrogens (tertiary/aromatic N) is 2. The average molecular weight is 378 g/mol. The Hall–Kier alpha value is -3.39. The van der Waals surface area contributed by atoms with E-state index in [1.54, 1.807) is 23.6 Å². The van der Waals surface area contributed by atoms with Crippen LogP contribution in [0, 0.1) is 0 Å². The first kappa shape index (κ1) is 15.6. The fourth-order valence-corrected chi connectivity index (χ4v) is 4.30. The van der Waals surface area contributed by atoms with Gasteiger partial charge in [0.15, 0.2) is 17.1 Å². The number of fused-ring (bicyclic) bond motifs is 5. The highest BCUT2D eigenvalue weighted by Crippen LogP contribution is 2.47. The molecule has 28 heavy (non-hydrogen) atoms. The van der Waals surface area contributed by atoms with Crippen molar-refractivity contribution in [3.8, 4) is 22.9 Å². The molecule has 0 fully saturated rings. The molecule has 2 aromatic heterocycles. The highest BCUT2D eigenvalue weighted by molar-refractivity contribution is 5.96. The van der Waals surface area contributed by atoms with Crippen molar-refractivity contribution in [3.05, 3.63) is 51.3 Å². The first-order valence-electron chi connectivity index (χ1n) is 9.00. The molecule has 140 valence electrons. The number of hydrogen-bond donors (Lipinski definition) is 1. The van der Waals surface area contributed by atoms with E-state index in [0.29, 0.717) is 39.5 Å². The van der Waals surface area contributed by atoms with Gasteiger partial charge in [-0.2, -0.15) is 0 Å². The second-order valence-corrected chi connectivity index (χ2v) is 7.19. The van der Waals surface area contributed by atoms with Gasteiger partial charge < -0.3 is 14.4 Å². The SMILES string of the molecule is CC[C@@]1(O)C(=O)OCc2c1cc1n(c2=O)Cc2c-1nc1cccc3c1c2OO3. The van der Waals surface area contributed by atoms with Crippen LogP contribution < -0.4 is 15.3 Å². The molecule has 0 saturated carbocycles. The number of hydrogen-bond acceptors (Lipinski definition) is 7. The van der Waals surface area contributed by atoms with Gasteiger partial charge in [0, 0.05) is 11.1 Å². The minimum atomic E-state index is -1.84. The summed E-state index contributed by atoms with van der Waals surface area (Å²) in [6, 6.07) is 7.14. The number of esters is 1. The molecule has 1 N–H and O–H groups in total. The van der Waals surface area contributed by atoms with E-state index < -0.39 is 11.6 Å². The maximum atomic E-state index is 13.2. The molecule has 1 atom stereocenters. The fraction of sp³-hybridized carbons (Fsp3) is 0.250. The van der Waals surface area contributed by atoms with Crippen molar-refractivity contribution in [2.24, 2.45) is 0 Å². The van der Waals surface area contributed by atoms with E-state index in [1.807, 2.05) is 12.1 Å². The molecule has 5 heterocycles. The van der Waals surface area contributed by atoms with Crippen LogP contribution in [0.5, 0.6) is 11.5 Å². The molecule has 0 saturated heterocycles. The number of ether oxygens (including phenoxy) is 1. The standard InChI is InChI=1S/C20H14N2O6/c1-2-20(25)11-6-13-16-9(7-22(13)18(23)10(11)8-26-19(20)24)17-15-12(21-16)4-3-5-14(15)27-28-17/h3-6,25H,2,7-8H2,1H3/t20-/m0/s1. The van der Waals surface area contributed by atoms with Crippen LogP contribution in [0.25, 0.3) is 22.3 Å². The zero-order valence-corrected chi connectivity index (χ0v) is 14.8. The third kappa shape index (κ3) is 1.67. The smallest absolute Gasteiger partial charge is 0.343 e. The van der Waals surface area contributed by atoms with Crippen LogP contribution in [-0.2, 0) is 28.3 Å². The molecule has 1 aromatic carbocycles. The quantitative estimate of drug-likeness (QED) is 0.398. The van der Waals surface area contributed by atoms with Crippen molar-refractivity contribution in [3.63, 3.8) is 0 Å². The minimum absolute atomic E-state index is 0.102. The van der Waals surface area contributed by atoms with Crippen LogP contribution in [0.4, 0.5) is 0 Å². The third-order valence-corrected chi connectivity index (χ3v) is 5.84. The average Bonchev–Trinajstić information content (AvgIpc) is 3.29. The van der Waals surface area contributed by atoms with Gasteiger partial charge in [0.05, 0.1) is 34.4 Å². The summed E-state index contributed by atoms with van der Waals surface area (Å²) in [5, 5.41) is 11.7. The Morgan fingerprint density at radius 2 is 2.11 bits per heavy atom. The van der Waals surface area contributed by atoms with Crippen molar-refractivity contribution in [1.29, 1.82) is 0 Å². The number of carbonyl (C=O) groups is 1. The lowest BCUT2D eigenvalue weighted by atomic mass is 9.86. The van der Waals surface area contributed by atoms with Gasteiger partial charge >= 0.3 is 5.97 Å². The van der Waals surface area contributed by atoms with E-state index in [2.05, 4.69) is 0 Å². The first-order chi connectivity index (χ1) is 13.5. The molecule has 8 nitrogen and oxygen atoms in total. The molecular formula is C20H14N2O6. The topological polar surface area (TPSA) is 99.9 Å². The van der Waals surface area contributed by atoms with Crippen LogP contribution in [0.15, 0.2) is 29.1 Å². The highest BCUT2D eigenvalue weighted by atomic mass is 17.2. The zero-order chi connectivity index (χ0) is 19.2. The number of aromatic nitrogens is 2. The maximum absolute atomic E-state index is 13.2. The number of aliphatic hydroxyl groups is 1. The molecule has 3 aliphatic heterocycles. The zero-order valence-electron chi connectivity index (χ0n) is 14.8. The summed E-state index contributed by atoms with van der Waals surface area (Å²) in [5.41, 5.74) is 0.989. The predicted octanol–water partition coefficient (Wildman–Crippen LogP) is 1.77. The number of pyridine rings is 2. The van der Waals surface area contributed by atoms with Gasteiger partial charge in [-0.25, -0.2) is 9.78 Å². The van der Waals surface area contributed by atoms with Gasteiger partial charge in [-0.3, -0.25) is 14.6 Å². The largest absolute Gasteiger partial charge is 0.458 e. The van der Waals surface area contributed by atoms with Gasteiger partial charge in [-0.15, -0.1) is 0 Å². The summed E-state index contributed by atoms with van der Waals surface area (Å²) < 4.78 is 6.65. The number of benzene rings is 1. The molecule has 0 unspecified atom stereocenters. The van der Waals surface area contributed by atoms with E-state index >= 15 is 0 Å². The van der Waals surface area contributed by atoms with Crippen LogP contribution in [0.3, 0.4) is 0 Å². The summed E-state index contributed by atoms with van der Waals surface area (Å²) in [6.07, 6.45) is 0.102. The molecule has 0 radical (unpaired) electrons. The van der Waals surface area contributed by atoms with Crippen LogP contribution >= 0.6 is 0 Å². The van der Waals surface area contributed by atoms with Crippen molar-refractivity contribution in [2.45, 2.75) is 32.1 Å². The lowest BCUT2D eigenvalue weighted by Crippen LogP contribution is -2.44. The molecule has 3 aromatic rings. The normalized spacial score (nSPS) is 20.9. The Morgan fingerprint density at radius 3 is 2.93 bits per heavy atom. The molecule has 3 aliphatic rings. The monoisotopic (exact) mass is 378 g/mol. The fourth-order valence-electron chi connectivity index (χ4n) is 4.30. The Kier molecular flexibility index (Phi) is 2.74. The van der Waals surface area contributed by atoms with Gasteiger partial charge in [0.1, 0.15) is 6.61 Å². The maximum Gasteiger partial charge on any atom is 0.343 e. The van der Waals surface area contributed by atoms with E-state index in [0.717, 1.165) is 10.9 Å².